The van der Waals surface area contributed by atoms with Gasteiger partial charge < -0.3 is 9.67 Å². The van der Waals surface area contributed by atoms with Crippen LogP contribution in [0.3, 0.4) is 0 Å². The van der Waals surface area contributed by atoms with Crippen LogP contribution in [0.5, 0.6) is 5.75 Å². The Balaban J connectivity index is 1.71. The number of aromatic nitrogens is 3. The molecule has 6 nitrogen and oxygen atoms in total. The second-order valence-corrected chi connectivity index (χ2v) is 8.70. The third kappa shape index (κ3) is 3.35. The lowest BCUT2D eigenvalue weighted by Gasteiger charge is -2.31. The Morgan fingerprint density at radius 1 is 1.24 bits per heavy atom. The number of fused-ring (bicyclic) bond motifs is 1. The monoisotopic (exact) mass is 417 g/mol. The average Bonchev–Trinajstić information content (AvgIpc) is 3.12. The fraction of sp³-hybridized carbons (Fsp3) is 0.300. The number of aryl methyl sites for hydroxylation is 1. The van der Waals surface area contributed by atoms with E-state index in [2.05, 4.69) is 10.2 Å². The summed E-state index contributed by atoms with van der Waals surface area (Å²) in [6.45, 7) is 4.03. The molecule has 1 aliphatic heterocycles. The number of rotatable bonds is 3. The van der Waals surface area contributed by atoms with Gasteiger partial charge in [0.05, 0.1) is 5.56 Å². The van der Waals surface area contributed by atoms with Crippen molar-refractivity contribution < 1.29 is 18.7 Å². The van der Waals surface area contributed by atoms with Crippen LogP contribution >= 0.6 is 11.3 Å². The lowest BCUT2D eigenvalue weighted by molar-refractivity contribution is 0.0771. The Morgan fingerprint density at radius 2 is 2.00 bits per heavy atom. The van der Waals surface area contributed by atoms with E-state index in [4.69, 9.17) is 0 Å². The van der Waals surface area contributed by atoms with E-state index in [-0.39, 0.29) is 34.0 Å². The van der Waals surface area contributed by atoms with Crippen LogP contribution in [0.4, 0.5) is 8.78 Å². The first-order chi connectivity index (χ1) is 13.7. The zero-order valence-corrected chi connectivity index (χ0v) is 16.5. The van der Waals surface area contributed by atoms with E-state index in [0.29, 0.717) is 18.0 Å². The molecule has 3 heterocycles. The predicted octanol–water partition coefficient (Wildman–Crippen LogP) is 3.55. The molecular formula is C20H17F2N3O3S. The van der Waals surface area contributed by atoms with Crippen LogP contribution in [0.2, 0.25) is 0 Å². The number of nitrogens with zero attached hydrogens (tertiary/aromatic N) is 3. The fourth-order valence-corrected chi connectivity index (χ4v) is 4.18. The molecule has 0 saturated carbocycles. The maximum Gasteiger partial charge on any atom is 0.234 e. The van der Waals surface area contributed by atoms with Gasteiger partial charge in [0, 0.05) is 30.6 Å². The van der Waals surface area contributed by atoms with Crippen LogP contribution in [0, 0.1) is 17.0 Å². The molecule has 1 N–H and O–H groups in total. The van der Waals surface area contributed by atoms with Crippen molar-refractivity contribution in [3.05, 3.63) is 62.5 Å². The van der Waals surface area contributed by atoms with Crippen molar-refractivity contribution >= 4 is 17.1 Å². The number of hydrogen-bond donors (Lipinski definition) is 1. The summed E-state index contributed by atoms with van der Waals surface area (Å²) < 4.78 is 28.5. The maximum atomic E-state index is 13.9. The number of pyridine rings is 1. The average molecular weight is 417 g/mol. The van der Waals surface area contributed by atoms with Gasteiger partial charge in [0.25, 0.3) is 0 Å². The molecule has 9 heteroatoms. The zero-order valence-electron chi connectivity index (χ0n) is 15.7. The molecule has 4 rings (SSSR count). The molecule has 1 aromatic carbocycles. The van der Waals surface area contributed by atoms with E-state index in [0.717, 1.165) is 23.5 Å². The minimum Gasteiger partial charge on any atom is -0.503 e. The van der Waals surface area contributed by atoms with Gasteiger partial charge in [-0.15, -0.1) is 10.2 Å². The molecule has 0 spiro atoms. The topological polar surface area (TPSA) is 85.1 Å². The first-order valence-electron chi connectivity index (χ1n) is 8.95. The summed E-state index contributed by atoms with van der Waals surface area (Å²) in [6.07, 6.45) is 2.17. The predicted molar refractivity (Wildman–Crippen MR) is 103 cm³/mol. The molecule has 0 aliphatic carbocycles. The van der Waals surface area contributed by atoms with Crippen molar-refractivity contribution in [2.24, 2.45) is 5.41 Å². The SMILES string of the molecule is CC1(C)CCn2cc(-c3nnc(Cc4ccc(F)cc4F)s3)c(=O)c(O)c2C1=O. The summed E-state index contributed by atoms with van der Waals surface area (Å²) in [7, 11) is 0. The van der Waals surface area contributed by atoms with E-state index in [1.54, 1.807) is 18.4 Å². The highest BCUT2D eigenvalue weighted by Gasteiger charge is 2.37. The number of Topliss-reactive ketones (excluding diaryl/α,β-unsaturated/α-hetero) is 1. The summed E-state index contributed by atoms with van der Waals surface area (Å²) in [5.74, 6) is -2.23. The second kappa shape index (κ2) is 6.84. The van der Waals surface area contributed by atoms with Crippen molar-refractivity contribution in [3.8, 4) is 16.3 Å². The minimum atomic E-state index is -0.696. The highest BCUT2D eigenvalue weighted by Crippen LogP contribution is 2.35. The smallest absolute Gasteiger partial charge is 0.234 e. The molecule has 0 unspecified atom stereocenters. The molecule has 150 valence electrons. The van der Waals surface area contributed by atoms with Crippen molar-refractivity contribution in [1.29, 1.82) is 0 Å². The van der Waals surface area contributed by atoms with E-state index in [9.17, 15) is 23.5 Å². The van der Waals surface area contributed by atoms with Crippen LogP contribution in [-0.2, 0) is 13.0 Å². The highest BCUT2D eigenvalue weighted by molar-refractivity contribution is 7.14. The van der Waals surface area contributed by atoms with E-state index in [1.165, 1.54) is 12.3 Å². The lowest BCUT2D eigenvalue weighted by Crippen LogP contribution is -2.35. The summed E-state index contributed by atoms with van der Waals surface area (Å²) in [5.41, 5.74) is -0.958. The molecule has 29 heavy (non-hydrogen) atoms. The van der Waals surface area contributed by atoms with Crippen LogP contribution in [0.15, 0.2) is 29.2 Å². The molecule has 0 radical (unpaired) electrons. The Morgan fingerprint density at radius 3 is 2.72 bits per heavy atom. The third-order valence-electron chi connectivity index (χ3n) is 5.12. The summed E-state index contributed by atoms with van der Waals surface area (Å²) >= 11 is 1.08. The molecule has 2 aromatic heterocycles. The van der Waals surface area contributed by atoms with E-state index < -0.39 is 28.2 Å². The fourth-order valence-electron chi connectivity index (χ4n) is 3.31. The summed E-state index contributed by atoms with van der Waals surface area (Å²) in [4.78, 5) is 25.3. The van der Waals surface area contributed by atoms with E-state index >= 15 is 0 Å². The standard InChI is InChI=1S/C20H17F2N3O3S/c1-20(2)5-6-25-9-12(16(26)17(27)15(25)18(20)28)19-24-23-14(29-19)7-10-3-4-11(21)8-13(10)22/h3-4,8-9,27H,5-7H2,1-2H3. The normalized spacial score (nSPS) is 15.4. The summed E-state index contributed by atoms with van der Waals surface area (Å²) in [6, 6.07) is 3.29. The largest absolute Gasteiger partial charge is 0.503 e. The first kappa shape index (κ1) is 19.4. The molecule has 0 bridgehead atoms. The van der Waals surface area contributed by atoms with Crippen LogP contribution < -0.4 is 5.43 Å². The van der Waals surface area contributed by atoms with Gasteiger partial charge in [-0.25, -0.2) is 8.78 Å². The quantitative estimate of drug-likeness (QED) is 0.704. The lowest BCUT2D eigenvalue weighted by atomic mass is 9.80. The minimum absolute atomic E-state index is 0.00752. The number of benzene rings is 1. The Bertz CT molecular complexity index is 1200. The molecular weight excluding hydrogens is 400 g/mol. The van der Waals surface area contributed by atoms with Crippen molar-refractivity contribution in [2.45, 2.75) is 33.2 Å². The highest BCUT2D eigenvalue weighted by atomic mass is 32.1. The van der Waals surface area contributed by atoms with Crippen molar-refractivity contribution in [3.63, 3.8) is 0 Å². The number of hydrogen-bond acceptors (Lipinski definition) is 6. The van der Waals surface area contributed by atoms with Gasteiger partial charge in [0.1, 0.15) is 22.3 Å². The van der Waals surface area contributed by atoms with Crippen molar-refractivity contribution in [2.75, 3.05) is 0 Å². The molecule has 0 atom stereocenters. The maximum absolute atomic E-state index is 13.9. The third-order valence-corrected chi connectivity index (χ3v) is 6.07. The number of carbonyl (C=O) groups excluding carboxylic acids is 1. The zero-order chi connectivity index (χ0) is 20.9. The van der Waals surface area contributed by atoms with Gasteiger partial charge in [-0.2, -0.15) is 0 Å². The number of halogens is 2. The second-order valence-electron chi connectivity index (χ2n) is 7.64. The van der Waals surface area contributed by atoms with Gasteiger partial charge in [-0.1, -0.05) is 31.3 Å². The number of ketones is 1. The first-order valence-corrected chi connectivity index (χ1v) is 9.77. The Hall–Kier alpha value is -2.94. The van der Waals surface area contributed by atoms with Gasteiger partial charge in [-0.05, 0) is 18.1 Å². The Labute approximate surface area is 168 Å². The molecule has 1 aliphatic rings. The molecule has 3 aromatic rings. The van der Waals surface area contributed by atoms with Crippen LogP contribution in [0.25, 0.3) is 10.6 Å². The molecule has 0 saturated heterocycles. The number of carbonyl (C=O) groups is 1. The van der Waals surface area contributed by atoms with Crippen LogP contribution in [0.1, 0.15) is 41.3 Å². The molecule has 0 amide bonds. The van der Waals surface area contributed by atoms with E-state index in [1.807, 2.05) is 0 Å². The van der Waals surface area contributed by atoms with Gasteiger partial charge in [-0.3, -0.25) is 9.59 Å². The number of aromatic hydroxyl groups is 1. The van der Waals surface area contributed by atoms with Gasteiger partial charge >= 0.3 is 0 Å². The van der Waals surface area contributed by atoms with Crippen LogP contribution in [-0.4, -0.2) is 25.7 Å². The van der Waals surface area contributed by atoms with Crippen molar-refractivity contribution in [1.82, 2.24) is 14.8 Å². The molecule has 0 fully saturated rings. The van der Waals surface area contributed by atoms with Gasteiger partial charge in [0.15, 0.2) is 16.5 Å². The summed E-state index contributed by atoms with van der Waals surface area (Å²) in [5, 5.41) is 19.1. The van der Waals surface area contributed by atoms with Gasteiger partial charge in [0.2, 0.25) is 5.43 Å². The Kier molecular flexibility index (Phi) is 4.57.